The highest BCUT2D eigenvalue weighted by Gasteiger charge is 2.17. The number of amides is 2. The Balaban J connectivity index is 0.00000242. The Kier molecular flexibility index (Phi) is 8.16. The van der Waals surface area contributed by atoms with Crippen molar-refractivity contribution in [2.24, 2.45) is 11.7 Å². The zero-order valence-electron chi connectivity index (χ0n) is 12.4. The van der Waals surface area contributed by atoms with Gasteiger partial charge >= 0.3 is 0 Å². The van der Waals surface area contributed by atoms with Crippen molar-refractivity contribution in [1.82, 2.24) is 10.3 Å². The minimum atomic E-state index is -0.358. The highest BCUT2D eigenvalue weighted by molar-refractivity contribution is 8.01. The third kappa shape index (κ3) is 6.12. The maximum atomic E-state index is 11.9. The second kappa shape index (κ2) is 9.34. The number of hydrogen-bond acceptors (Lipinski definition) is 6. The van der Waals surface area contributed by atoms with Gasteiger partial charge in [0, 0.05) is 6.42 Å². The number of carbonyl (C=O) groups is 2. The average Bonchev–Trinajstić information content (AvgIpc) is 3.04. The first-order chi connectivity index (χ1) is 10.0. The molecule has 2 amide bonds. The highest BCUT2D eigenvalue weighted by Crippen LogP contribution is 2.32. The second-order valence-corrected chi connectivity index (χ2v) is 7.34. The third-order valence-electron chi connectivity index (χ3n) is 3.29. The molecule has 22 heavy (non-hydrogen) atoms. The van der Waals surface area contributed by atoms with E-state index in [1.165, 1.54) is 23.1 Å². The number of aromatic nitrogens is 1. The van der Waals surface area contributed by atoms with Crippen molar-refractivity contribution in [3.05, 3.63) is 5.69 Å². The SMILES string of the molecule is Cc1nc(NC(=O)CCC2CCNC2)sc1SCC(N)=O.Cl. The number of carbonyl (C=O) groups excluding carboxylic acids is 2. The van der Waals surface area contributed by atoms with E-state index in [2.05, 4.69) is 15.6 Å². The average molecular weight is 365 g/mol. The molecule has 124 valence electrons. The molecule has 4 N–H and O–H groups in total. The number of primary amides is 1. The number of aryl methyl sites for hydroxylation is 1. The van der Waals surface area contributed by atoms with E-state index in [9.17, 15) is 9.59 Å². The zero-order valence-corrected chi connectivity index (χ0v) is 14.8. The van der Waals surface area contributed by atoms with Crippen molar-refractivity contribution in [2.75, 3.05) is 24.2 Å². The van der Waals surface area contributed by atoms with Gasteiger partial charge in [-0.25, -0.2) is 4.98 Å². The minimum Gasteiger partial charge on any atom is -0.369 e. The lowest BCUT2D eigenvalue weighted by Gasteiger charge is -2.06. The van der Waals surface area contributed by atoms with Crippen LogP contribution in [0.15, 0.2) is 4.21 Å². The molecule has 1 aromatic rings. The molecule has 1 saturated heterocycles. The predicted octanol–water partition coefficient (Wildman–Crippen LogP) is 1.78. The van der Waals surface area contributed by atoms with Gasteiger partial charge in [-0.2, -0.15) is 0 Å². The van der Waals surface area contributed by atoms with Crippen LogP contribution in [0.2, 0.25) is 0 Å². The zero-order chi connectivity index (χ0) is 15.2. The van der Waals surface area contributed by atoms with Gasteiger partial charge in [0.25, 0.3) is 0 Å². The molecule has 1 aliphatic heterocycles. The molecule has 0 saturated carbocycles. The van der Waals surface area contributed by atoms with Crippen LogP contribution in [-0.2, 0) is 9.59 Å². The molecule has 0 aromatic carbocycles. The summed E-state index contributed by atoms with van der Waals surface area (Å²) in [6.45, 7) is 3.93. The third-order valence-corrected chi connectivity index (χ3v) is 5.75. The van der Waals surface area contributed by atoms with Crippen molar-refractivity contribution in [2.45, 2.75) is 30.4 Å². The van der Waals surface area contributed by atoms with Crippen molar-refractivity contribution in [3.8, 4) is 0 Å². The van der Waals surface area contributed by atoms with E-state index in [0.29, 0.717) is 17.5 Å². The normalized spacial score (nSPS) is 17.0. The summed E-state index contributed by atoms with van der Waals surface area (Å²) >= 11 is 2.75. The fourth-order valence-corrected chi connectivity index (χ4v) is 4.08. The Bertz CT molecular complexity index is 518. The molecule has 0 radical (unpaired) electrons. The topological polar surface area (TPSA) is 97.1 Å². The van der Waals surface area contributed by atoms with E-state index < -0.39 is 0 Å². The number of nitrogens with one attached hydrogen (secondary N) is 2. The van der Waals surface area contributed by atoms with Gasteiger partial charge in [-0.1, -0.05) is 11.3 Å². The number of rotatable bonds is 7. The molecular weight excluding hydrogens is 344 g/mol. The number of halogens is 1. The molecule has 0 bridgehead atoms. The van der Waals surface area contributed by atoms with Crippen LogP contribution in [0.5, 0.6) is 0 Å². The minimum absolute atomic E-state index is 0. The van der Waals surface area contributed by atoms with E-state index in [-0.39, 0.29) is 30.0 Å². The van der Waals surface area contributed by atoms with Gasteiger partial charge in [-0.15, -0.1) is 24.2 Å². The Hall–Kier alpha value is -0.830. The lowest BCUT2D eigenvalue weighted by molar-refractivity contribution is -0.117. The molecule has 0 aliphatic carbocycles. The first-order valence-corrected chi connectivity index (χ1v) is 8.74. The molecule has 6 nitrogen and oxygen atoms in total. The van der Waals surface area contributed by atoms with Gasteiger partial charge in [-0.3, -0.25) is 9.59 Å². The Labute approximate surface area is 144 Å². The fourth-order valence-electron chi connectivity index (χ4n) is 2.18. The van der Waals surface area contributed by atoms with Gasteiger partial charge in [0.05, 0.1) is 15.7 Å². The first-order valence-electron chi connectivity index (χ1n) is 6.93. The molecule has 9 heteroatoms. The van der Waals surface area contributed by atoms with E-state index >= 15 is 0 Å². The van der Waals surface area contributed by atoms with E-state index in [0.717, 1.165) is 35.8 Å². The van der Waals surface area contributed by atoms with Crippen molar-refractivity contribution in [3.63, 3.8) is 0 Å². The van der Waals surface area contributed by atoms with Gasteiger partial charge in [0.1, 0.15) is 0 Å². The fraction of sp³-hybridized carbons (Fsp3) is 0.615. The van der Waals surface area contributed by atoms with Gasteiger partial charge < -0.3 is 16.4 Å². The number of hydrogen-bond donors (Lipinski definition) is 3. The van der Waals surface area contributed by atoms with Crippen LogP contribution >= 0.6 is 35.5 Å². The standard InChI is InChI=1S/C13H20N4O2S2.ClH/c1-8-12(20-7-10(14)18)21-13(16-8)17-11(19)3-2-9-4-5-15-6-9;/h9,15H,2-7H2,1H3,(H2,14,18)(H,16,17,19);1H. The molecule has 1 aromatic heterocycles. The predicted molar refractivity (Wildman–Crippen MR) is 92.9 cm³/mol. The van der Waals surface area contributed by atoms with Crippen LogP contribution < -0.4 is 16.4 Å². The largest absolute Gasteiger partial charge is 0.369 e. The Morgan fingerprint density at radius 2 is 2.32 bits per heavy atom. The van der Waals surface area contributed by atoms with E-state index in [4.69, 9.17) is 5.73 Å². The molecule has 2 rings (SSSR count). The molecular formula is C13H21ClN4O2S2. The van der Waals surface area contributed by atoms with E-state index in [1.54, 1.807) is 0 Å². The molecule has 1 atom stereocenters. The van der Waals surface area contributed by atoms with Crippen LogP contribution in [0.1, 0.15) is 25.0 Å². The number of thioether (sulfide) groups is 1. The van der Waals surface area contributed by atoms with Crippen molar-refractivity contribution in [1.29, 1.82) is 0 Å². The number of nitrogens with zero attached hydrogens (tertiary/aromatic N) is 1. The van der Waals surface area contributed by atoms with Gasteiger partial charge in [0.15, 0.2) is 5.13 Å². The number of anilines is 1. The summed E-state index contributed by atoms with van der Waals surface area (Å²) in [6, 6.07) is 0. The quantitative estimate of drug-likeness (QED) is 0.641. The lowest BCUT2D eigenvalue weighted by Crippen LogP contribution is -2.14. The summed E-state index contributed by atoms with van der Waals surface area (Å²) in [4.78, 5) is 27.0. The summed E-state index contributed by atoms with van der Waals surface area (Å²) in [6.07, 6.45) is 2.58. The summed E-state index contributed by atoms with van der Waals surface area (Å²) < 4.78 is 0.920. The lowest BCUT2D eigenvalue weighted by atomic mass is 10.0. The van der Waals surface area contributed by atoms with Crippen molar-refractivity contribution >= 4 is 52.5 Å². The maximum Gasteiger partial charge on any atom is 0.227 e. The molecule has 1 unspecified atom stereocenters. The van der Waals surface area contributed by atoms with Crippen molar-refractivity contribution < 1.29 is 9.59 Å². The van der Waals surface area contributed by atoms with Crippen LogP contribution in [0.25, 0.3) is 0 Å². The molecule has 0 spiro atoms. The van der Waals surface area contributed by atoms with Gasteiger partial charge in [-0.05, 0) is 38.8 Å². The summed E-state index contributed by atoms with van der Waals surface area (Å²) in [5.41, 5.74) is 5.95. The second-order valence-electron chi connectivity index (χ2n) is 5.09. The highest BCUT2D eigenvalue weighted by atomic mass is 35.5. The summed E-state index contributed by atoms with van der Waals surface area (Å²) in [7, 11) is 0. The molecule has 1 aliphatic rings. The Morgan fingerprint density at radius 3 is 2.95 bits per heavy atom. The van der Waals surface area contributed by atoms with Gasteiger partial charge in [0.2, 0.25) is 11.8 Å². The van der Waals surface area contributed by atoms with Crippen LogP contribution in [-0.4, -0.2) is 35.6 Å². The number of nitrogens with two attached hydrogens (primary N) is 1. The molecule has 2 heterocycles. The monoisotopic (exact) mass is 364 g/mol. The number of thiazole rings is 1. The summed E-state index contributed by atoms with van der Waals surface area (Å²) in [5, 5.41) is 6.72. The first kappa shape index (κ1) is 19.2. The summed E-state index contributed by atoms with van der Waals surface area (Å²) in [5.74, 6) is 0.478. The maximum absolute atomic E-state index is 11.9. The van der Waals surface area contributed by atoms with Crippen LogP contribution in [0.4, 0.5) is 5.13 Å². The molecule has 1 fully saturated rings. The Morgan fingerprint density at radius 1 is 1.55 bits per heavy atom. The van der Waals surface area contributed by atoms with Crippen LogP contribution in [0.3, 0.4) is 0 Å². The van der Waals surface area contributed by atoms with Crippen LogP contribution in [0, 0.1) is 12.8 Å². The smallest absolute Gasteiger partial charge is 0.227 e. The van der Waals surface area contributed by atoms with E-state index in [1.807, 2.05) is 6.92 Å².